The Bertz CT molecular complexity index is 795. The zero-order valence-corrected chi connectivity index (χ0v) is 15.3. The first kappa shape index (κ1) is 19.6. The molecule has 2 rings (SSSR count). The third-order valence-electron chi connectivity index (χ3n) is 3.98. The van der Waals surface area contributed by atoms with Crippen molar-refractivity contribution in [2.24, 2.45) is 0 Å². The van der Waals surface area contributed by atoms with Gasteiger partial charge >= 0.3 is 15.6 Å². The van der Waals surface area contributed by atoms with Gasteiger partial charge in [0.15, 0.2) is 0 Å². The molecule has 25 heavy (non-hydrogen) atoms. The molecule has 1 aromatic rings. The van der Waals surface area contributed by atoms with Crippen LogP contribution in [0.2, 0.25) is 0 Å². The number of aryl methyl sites for hydroxylation is 1. The Morgan fingerprint density at radius 1 is 1.32 bits per heavy atom. The summed E-state index contributed by atoms with van der Waals surface area (Å²) in [5.41, 5.74) is -4.23. The van der Waals surface area contributed by atoms with E-state index in [0.29, 0.717) is 24.2 Å². The van der Waals surface area contributed by atoms with Gasteiger partial charge in [0.05, 0.1) is 0 Å². The maximum absolute atomic E-state index is 12.6. The van der Waals surface area contributed by atoms with E-state index in [-0.39, 0.29) is 17.2 Å². The van der Waals surface area contributed by atoms with Crippen LogP contribution in [0.3, 0.4) is 0 Å². The van der Waals surface area contributed by atoms with Gasteiger partial charge in [0.25, 0.3) is 0 Å². The molecule has 0 saturated heterocycles. The Morgan fingerprint density at radius 2 is 1.92 bits per heavy atom. The summed E-state index contributed by atoms with van der Waals surface area (Å²) < 4.78 is 70.7. The van der Waals surface area contributed by atoms with Gasteiger partial charge in [0.2, 0.25) is 0 Å². The van der Waals surface area contributed by atoms with Gasteiger partial charge in [-0.1, -0.05) is 19.1 Å². The first-order valence-corrected chi connectivity index (χ1v) is 9.13. The van der Waals surface area contributed by atoms with Gasteiger partial charge in [-0.25, -0.2) is 0 Å². The van der Waals surface area contributed by atoms with Crippen LogP contribution in [0.1, 0.15) is 50.7 Å². The summed E-state index contributed by atoms with van der Waals surface area (Å²) in [6.07, 6.45) is 1.27. The first-order chi connectivity index (χ1) is 11.2. The third kappa shape index (κ3) is 4.29. The van der Waals surface area contributed by atoms with Gasteiger partial charge in [-0.2, -0.15) is 21.6 Å². The Labute approximate surface area is 145 Å². The number of alkyl halides is 3. The predicted octanol–water partition coefficient (Wildman–Crippen LogP) is 4.83. The average Bonchev–Trinajstić information content (AvgIpc) is 2.37. The number of rotatable bonds is 2. The molecule has 0 aromatic heterocycles. The third-order valence-corrected chi connectivity index (χ3v) is 4.94. The topological polar surface area (TPSA) is 52.6 Å². The lowest BCUT2D eigenvalue weighted by molar-refractivity contribution is -0.0500. The largest absolute Gasteiger partial charge is 0.534 e. The number of ether oxygens (including phenoxy) is 1. The van der Waals surface area contributed by atoms with Crippen LogP contribution >= 0.6 is 0 Å². The van der Waals surface area contributed by atoms with E-state index >= 15 is 0 Å². The van der Waals surface area contributed by atoms with Crippen LogP contribution in [0, 0.1) is 6.92 Å². The van der Waals surface area contributed by atoms with Crippen molar-refractivity contribution in [2.45, 2.75) is 57.6 Å². The Kier molecular flexibility index (Phi) is 4.89. The van der Waals surface area contributed by atoms with E-state index < -0.39 is 21.2 Å². The van der Waals surface area contributed by atoms with Crippen molar-refractivity contribution >= 4 is 10.1 Å². The highest BCUT2D eigenvalue weighted by atomic mass is 32.2. The molecule has 1 aromatic carbocycles. The Hall–Kier alpha value is -1.70. The van der Waals surface area contributed by atoms with Crippen LogP contribution in [-0.4, -0.2) is 19.5 Å². The molecule has 1 aliphatic heterocycles. The second-order valence-corrected chi connectivity index (χ2v) is 8.57. The van der Waals surface area contributed by atoms with E-state index in [4.69, 9.17) is 4.74 Å². The Balaban J connectivity index is 2.52. The van der Waals surface area contributed by atoms with Crippen molar-refractivity contribution in [3.8, 4) is 11.5 Å². The fraction of sp³-hybridized carbons (Fsp3) is 0.529. The van der Waals surface area contributed by atoms with Gasteiger partial charge in [0, 0.05) is 12.0 Å². The second kappa shape index (κ2) is 6.23. The predicted molar refractivity (Wildman–Crippen MR) is 88.3 cm³/mol. The minimum Gasteiger partial charge on any atom is -0.487 e. The van der Waals surface area contributed by atoms with Crippen LogP contribution in [0.4, 0.5) is 13.2 Å². The molecule has 1 aliphatic rings. The molecule has 0 bridgehead atoms. The van der Waals surface area contributed by atoms with Gasteiger partial charge in [-0.3, -0.25) is 0 Å². The highest BCUT2D eigenvalue weighted by Crippen LogP contribution is 2.42. The summed E-state index contributed by atoms with van der Waals surface area (Å²) in [5.74, 6) is 0.0601. The lowest BCUT2D eigenvalue weighted by atomic mass is 9.86. The fourth-order valence-corrected chi connectivity index (χ4v) is 3.47. The minimum absolute atomic E-state index is 0.102. The highest BCUT2D eigenvalue weighted by molar-refractivity contribution is 7.88. The summed E-state index contributed by atoms with van der Waals surface area (Å²) >= 11 is 0. The molecule has 0 spiro atoms. The summed E-state index contributed by atoms with van der Waals surface area (Å²) in [6, 6.07) is 2.83. The Morgan fingerprint density at radius 3 is 2.48 bits per heavy atom. The van der Waals surface area contributed by atoms with Gasteiger partial charge in [0.1, 0.15) is 17.1 Å². The number of fused-ring (bicyclic) bond motifs is 1. The fourth-order valence-electron chi connectivity index (χ4n) is 2.96. The first-order valence-electron chi connectivity index (χ1n) is 7.73. The molecule has 0 radical (unpaired) electrons. The monoisotopic (exact) mass is 378 g/mol. The SMILES string of the molecule is C=C1CC(C)c2cc(OS(=O)(=O)C(F)(F)F)c(C)cc2OC(C)(C)C1. The van der Waals surface area contributed by atoms with E-state index in [2.05, 4.69) is 10.8 Å². The molecule has 4 nitrogen and oxygen atoms in total. The zero-order valence-electron chi connectivity index (χ0n) is 14.5. The van der Waals surface area contributed by atoms with Crippen LogP contribution in [0.15, 0.2) is 24.3 Å². The summed E-state index contributed by atoms with van der Waals surface area (Å²) in [7, 11) is -5.73. The van der Waals surface area contributed by atoms with Crippen LogP contribution in [-0.2, 0) is 10.1 Å². The highest BCUT2D eigenvalue weighted by Gasteiger charge is 2.48. The van der Waals surface area contributed by atoms with E-state index in [9.17, 15) is 21.6 Å². The normalized spacial score (nSPS) is 20.9. The smallest absolute Gasteiger partial charge is 0.487 e. The maximum atomic E-state index is 12.6. The average molecular weight is 378 g/mol. The molecule has 0 amide bonds. The molecule has 1 atom stereocenters. The molecule has 8 heteroatoms. The van der Waals surface area contributed by atoms with Crippen LogP contribution < -0.4 is 8.92 Å². The standard InChI is InChI=1S/C17H21F3O4S/c1-10-6-11(2)13-8-14(24-25(21,22)17(18,19)20)12(3)7-15(13)23-16(4,5)9-10/h7-8,11H,1,6,9H2,2-5H3. The molecule has 0 N–H and O–H groups in total. The minimum atomic E-state index is -5.73. The van der Waals surface area contributed by atoms with E-state index in [1.165, 1.54) is 19.1 Å². The second-order valence-electron chi connectivity index (χ2n) is 7.03. The quantitative estimate of drug-likeness (QED) is 0.420. The zero-order chi connectivity index (χ0) is 19.2. The molecule has 1 heterocycles. The number of benzene rings is 1. The van der Waals surface area contributed by atoms with Gasteiger partial charge in [-0.15, -0.1) is 0 Å². The van der Waals surface area contributed by atoms with Crippen molar-refractivity contribution in [1.29, 1.82) is 0 Å². The summed E-state index contributed by atoms with van der Waals surface area (Å²) in [6.45, 7) is 11.2. The van der Waals surface area contributed by atoms with Crippen molar-refractivity contribution in [1.82, 2.24) is 0 Å². The van der Waals surface area contributed by atoms with Crippen LogP contribution in [0.25, 0.3) is 0 Å². The van der Waals surface area contributed by atoms with Crippen LogP contribution in [0.5, 0.6) is 11.5 Å². The van der Waals surface area contributed by atoms with Crippen molar-refractivity contribution in [3.63, 3.8) is 0 Å². The molecule has 0 aliphatic carbocycles. The number of hydrogen-bond acceptors (Lipinski definition) is 4. The van der Waals surface area contributed by atoms with E-state index in [1.54, 1.807) is 0 Å². The van der Waals surface area contributed by atoms with Gasteiger partial charge in [-0.05, 0) is 50.8 Å². The lowest BCUT2D eigenvalue weighted by Crippen LogP contribution is -2.31. The lowest BCUT2D eigenvalue weighted by Gasteiger charge is -2.33. The molecule has 1 unspecified atom stereocenters. The van der Waals surface area contributed by atoms with E-state index in [0.717, 1.165) is 5.57 Å². The van der Waals surface area contributed by atoms with Gasteiger partial charge < -0.3 is 8.92 Å². The molecule has 140 valence electrons. The molecular weight excluding hydrogens is 357 g/mol. The number of hydrogen-bond donors (Lipinski definition) is 0. The van der Waals surface area contributed by atoms with Crippen molar-refractivity contribution in [3.05, 3.63) is 35.4 Å². The summed E-state index contributed by atoms with van der Waals surface area (Å²) in [4.78, 5) is 0. The maximum Gasteiger partial charge on any atom is 0.534 e. The van der Waals surface area contributed by atoms with E-state index in [1.807, 2.05) is 20.8 Å². The van der Waals surface area contributed by atoms with Crippen molar-refractivity contribution in [2.75, 3.05) is 0 Å². The van der Waals surface area contributed by atoms with Crippen molar-refractivity contribution < 1.29 is 30.5 Å². The molecular formula is C17H21F3O4S. The summed E-state index contributed by atoms with van der Waals surface area (Å²) in [5, 5.41) is 0. The molecule has 0 saturated carbocycles. The molecule has 0 fully saturated rings. The number of halogens is 3.